The SMILES string of the molecule is Cc1ccc(Oc2ccc(Nc3ncnc4ccc(C#CCNC(=O)S)cc34)cc2C)cn1. The van der Waals surface area contributed by atoms with Crippen LogP contribution < -0.4 is 15.4 Å². The lowest BCUT2D eigenvalue weighted by Gasteiger charge is -2.12. The largest absolute Gasteiger partial charge is 0.455 e. The summed E-state index contributed by atoms with van der Waals surface area (Å²) in [6.45, 7) is 4.14. The van der Waals surface area contributed by atoms with Crippen molar-refractivity contribution in [1.29, 1.82) is 0 Å². The monoisotopic (exact) mass is 455 g/mol. The molecule has 4 rings (SSSR count). The molecule has 0 saturated heterocycles. The van der Waals surface area contributed by atoms with Crippen LogP contribution in [0.5, 0.6) is 11.5 Å². The number of aryl methyl sites for hydroxylation is 2. The lowest BCUT2D eigenvalue weighted by atomic mass is 10.1. The van der Waals surface area contributed by atoms with Crippen molar-refractivity contribution in [3.8, 4) is 23.3 Å². The van der Waals surface area contributed by atoms with Crippen LogP contribution in [0.1, 0.15) is 16.8 Å². The molecule has 0 saturated carbocycles. The Morgan fingerprint density at radius 1 is 1.06 bits per heavy atom. The van der Waals surface area contributed by atoms with Crippen molar-refractivity contribution in [2.45, 2.75) is 13.8 Å². The number of anilines is 2. The summed E-state index contributed by atoms with van der Waals surface area (Å²) >= 11 is 3.66. The van der Waals surface area contributed by atoms with Gasteiger partial charge < -0.3 is 15.4 Å². The first-order valence-corrected chi connectivity index (χ1v) is 10.6. The quantitative estimate of drug-likeness (QED) is 0.284. The van der Waals surface area contributed by atoms with Crippen LogP contribution in [0.2, 0.25) is 0 Å². The first-order chi connectivity index (χ1) is 16.0. The van der Waals surface area contributed by atoms with Gasteiger partial charge in [-0.3, -0.25) is 9.78 Å². The number of nitrogens with zero attached hydrogens (tertiary/aromatic N) is 3. The van der Waals surface area contributed by atoms with E-state index in [1.54, 1.807) is 6.20 Å². The van der Waals surface area contributed by atoms with Crippen molar-refractivity contribution in [3.63, 3.8) is 0 Å². The zero-order chi connectivity index (χ0) is 23.2. The summed E-state index contributed by atoms with van der Waals surface area (Å²) in [5.74, 6) is 8.03. The Kier molecular flexibility index (Phi) is 6.72. The summed E-state index contributed by atoms with van der Waals surface area (Å²) < 4.78 is 5.95. The molecule has 8 heteroatoms. The highest BCUT2D eigenvalue weighted by molar-refractivity contribution is 7.96. The molecule has 0 atom stereocenters. The first kappa shape index (κ1) is 22.1. The van der Waals surface area contributed by atoms with E-state index < -0.39 is 5.24 Å². The highest BCUT2D eigenvalue weighted by Gasteiger charge is 2.08. The molecule has 2 heterocycles. The zero-order valence-corrected chi connectivity index (χ0v) is 19.0. The summed E-state index contributed by atoms with van der Waals surface area (Å²) in [6, 6.07) is 15.3. The summed E-state index contributed by atoms with van der Waals surface area (Å²) in [5, 5.41) is 6.31. The summed E-state index contributed by atoms with van der Waals surface area (Å²) in [6.07, 6.45) is 3.23. The van der Waals surface area contributed by atoms with Gasteiger partial charge in [0, 0.05) is 22.3 Å². The second kappa shape index (κ2) is 10.0. The Hall–Kier alpha value is -4.09. The van der Waals surface area contributed by atoms with E-state index in [1.807, 2.05) is 62.4 Å². The van der Waals surface area contributed by atoms with E-state index in [2.05, 4.69) is 50.1 Å². The third kappa shape index (κ3) is 5.79. The highest BCUT2D eigenvalue weighted by Crippen LogP contribution is 2.29. The lowest BCUT2D eigenvalue weighted by Crippen LogP contribution is -2.16. The predicted molar refractivity (Wildman–Crippen MR) is 132 cm³/mol. The molecule has 2 aromatic heterocycles. The smallest absolute Gasteiger partial charge is 0.276 e. The van der Waals surface area contributed by atoms with Crippen molar-refractivity contribution in [2.24, 2.45) is 0 Å². The third-order valence-corrected chi connectivity index (χ3v) is 4.90. The van der Waals surface area contributed by atoms with Crippen LogP contribution in [-0.4, -0.2) is 26.7 Å². The summed E-state index contributed by atoms with van der Waals surface area (Å²) in [7, 11) is 0. The van der Waals surface area contributed by atoms with Crippen molar-refractivity contribution in [1.82, 2.24) is 20.3 Å². The van der Waals surface area contributed by atoms with E-state index in [4.69, 9.17) is 4.74 Å². The topological polar surface area (TPSA) is 89.0 Å². The number of hydrogen-bond acceptors (Lipinski definition) is 6. The van der Waals surface area contributed by atoms with E-state index in [0.717, 1.165) is 39.2 Å². The Morgan fingerprint density at radius 2 is 1.94 bits per heavy atom. The maximum Gasteiger partial charge on any atom is 0.276 e. The molecular weight excluding hydrogens is 434 g/mol. The fourth-order valence-electron chi connectivity index (χ4n) is 3.12. The number of aromatic nitrogens is 3. The molecule has 33 heavy (non-hydrogen) atoms. The molecule has 2 N–H and O–H groups in total. The van der Waals surface area contributed by atoms with Gasteiger partial charge in [0.25, 0.3) is 5.24 Å². The van der Waals surface area contributed by atoms with Crippen molar-refractivity contribution in [2.75, 3.05) is 11.9 Å². The average Bonchev–Trinajstić information content (AvgIpc) is 2.80. The van der Waals surface area contributed by atoms with Gasteiger partial charge in [0.05, 0.1) is 18.3 Å². The van der Waals surface area contributed by atoms with Gasteiger partial charge in [-0.15, -0.1) is 0 Å². The molecule has 0 aliphatic carbocycles. The van der Waals surface area contributed by atoms with Gasteiger partial charge in [-0.1, -0.05) is 24.5 Å². The van der Waals surface area contributed by atoms with Gasteiger partial charge in [-0.25, -0.2) is 9.97 Å². The second-order valence-electron chi connectivity index (χ2n) is 7.26. The second-order valence-corrected chi connectivity index (χ2v) is 7.66. The molecule has 2 aromatic carbocycles. The van der Waals surface area contributed by atoms with Crippen LogP contribution in [0.4, 0.5) is 16.3 Å². The Morgan fingerprint density at radius 3 is 2.70 bits per heavy atom. The van der Waals surface area contributed by atoms with Crippen molar-refractivity contribution in [3.05, 3.63) is 77.9 Å². The molecule has 0 bridgehead atoms. The molecular formula is C25H21N5O2S. The molecule has 0 radical (unpaired) electrons. The third-order valence-electron chi connectivity index (χ3n) is 4.75. The first-order valence-electron chi connectivity index (χ1n) is 10.2. The number of ether oxygens (including phenoxy) is 1. The summed E-state index contributed by atoms with van der Waals surface area (Å²) in [5.41, 5.74) is 4.37. The maximum atomic E-state index is 10.8. The predicted octanol–water partition coefficient (Wildman–Crippen LogP) is 5.17. The van der Waals surface area contributed by atoms with Crippen molar-refractivity contribution >= 4 is 40.3 Å². The normalized spacial score (nSPS) is 10.3. The van der Waals surface area contributed by atoms with E-state index in [9.17, 15) is 4.79 Å². The lowest BCUT2D eigenvalue weighted by molar-refractivity contribution is 0.262. The molecule has 0 fully saturated rings. The van der Waals surface area contributed by atoms with E-state index >= 15 is 0 Å². The molecule has 0 aliphatic rings. The zero-order valence-electron chi connectivity index (χ0n) is 18.1. The molecule has 164 valence electrons. The average molecular weight is 456 g/mol. The molecule has 1 amide bonds. The van der Waals surface area contributed by atoms with Crippen LogP contribution in [0.25, 0.3) is 10.9 Å². The van der Waals surface area contributed by atoms with Gasteiger partial charge >= 0.3 is 0 Å². The van der Waals surface area contributed by atoms with Crippen LogP contribution >= 0.6 is 12.6 Å². The number of nitrogens with one attached hydrogen (secondary N) is 2. The summed E-state index contributed by atoms with van der Waals surface area (Å²) in [4.78, 5) is 23.9. The number of amides is 1. The fraction of sp³-hybridized carbons (Fsp3) is 0.120. The maximum absolute atomic E-state index is 10.8. The number of carbonyl (C=O) groups excluding carboxylic acids is 1. The van der Waals surface area contributed by atoms with E-state index in [1.165, 1.54) is 6.33 Å². The van der Waals surface area contributed by atoms with Gasteiger partial charge in [0.1, 0.15) is 23.6 Å². The molecule has 0 aliphatic heterocycles. The van der Waals surface area contributed by atoms with Gasteiger partial charge in [-0.05, 0) is 67.9 Å². The Balaban J connectivity index is 1.55. The van der Waals surface area contributed by atoms with E-state index in [-0.39, 0.29) is 6.54 Å². The fourth-order valence-corrected chi connectivity index (χ4v) is 3.20. The number of hydrogen-bond donors (Lipinski definition) is 3. The highest BCUT2D eigenvalue weighted by atomic mass is 32.1. The number of carbonyl (C=O) groups is 1. The molecule has 0 spiro atoms. The van der Waals surface area contributed by atoms with Gasteiger partial charge in [0.2, 0.25) is 0 Å². The Labute approximate surface area is 197 Å². The number of rotatable bonds is 5. The van der Waals surface area contributed by atoms with Crippen LogP contribution in [0, 0.1) is 25.7 Å². The number of pyridine rings is 1. The Bertz CT molecular complexity index is 1380. The van der Waals surface area contributed by atoms with Gasteiger partial charge in [-0.2, -0.15) is 0 Å². The van der Waals surface area contributed by atoms with Crippen LogP contribution in [0.3, 0.4) is 0 Å². The van der Waals surface area contributed by atoms with E-state index in [0.29, 0.717) is 11.6 Å². The van der Waals surface area contributed by atoms with Gasteiger partial charge in [0.15, 0.2) is 0 Å². The van der Waals surface area contributed by atoms with Crippen LogP contribution in [0.15, 0.2) is 61.1 Å². The van der Waals surface area contributed by atoms with Crippen LogP contribution in [-0.2, 0) is 0 Å². The standard InChI is InChI=1S/C25H21N5O2S/c1-16-12-19(7-10-23(16)32-20-8-5-17(2)27-14-20)30-24-21-13-18(4-3-11-26-25(31)33)6-9-22(21)28-15-29-24/h5-10,12-15H,11H2,1-2H3,(H2,26,31,33)(H,28,29,30). The van der Waals surface area contributed by atoms with Crippen molar-refractivity contribution < 1.29 is 9.53 Å². The number of fused-ring (bicyclic) bond motifs is 1. The molecule has 4 aromatic rings. The minimum absolute atomic E-state index is 0.225. The molecule has 0 unspecified atom stereocenters. The number of thiol groups is 1. The minimum Gasteiger partial charge on any atom is -0.455 e. The number of benzene rings is 2. The molecule has 7 nitrogen and oxygen atoms in total. The minimum atomic E-state index is -0.412.